The first-order valence-corrected chi connectivity index (χ1v) is 10.6. The van der Waals surface area contributed by atoms with Gasteiger partial charge < -0.3 is 10.1 Å². The van der Waals surface area contributed by atoms with Crippen molar-refractivity contribution in [3.8, 4) is 5.75 Å². The molecule has 0 radical (unpaired) electrons. The van der Waals surface area contributed by atoms with Crippen LogP contribution in [0, 0.1) is 0 Å². The van der Waals surface area contributed by atoms with Gasteiger partial charge in [0.05, 0.1) is 23.3 Å². The van der Waals surface area contributed by atoms with Crippen LogP contribution in [-0.4, -0.2) is 35.3 Å². The Morgan fingerprint density at radius 3 is 2.53 bits per heavy atom. The van der Waals surface area contributed by atoms with Gasteiger partial charge in [0.1, 0.15) is 5.75 Å². The Hall–Kier alpha value is -2.86. The van der Waals surface area contributed by atoms with Crippen LogP contribution >= 0.6 is 11.6 Å². The number of anilines is 1. The van der Waals surface area contributed by atoms with Crippen molar-refractivity contribution in [2.75, 3.05) is 11.9 Å². The summed E-state index contributed by atoms with van der Waals surface area (Å²) in [4.78, 5) is 40.0. The van der Waals surface area contributed by atoms with Gasteiger partial charge in [0.15, 0.2) is 0 Å². The Labute approximate surface area is 180 Å². The first-order valence-electron chi connectivity index (χ1n) is 10.2. The second kappa shape index (κ2) is 8.48. The number of halogens is 1. The van der Waals surface area contributed by atoms with E-state index in [1.165, 1.54) is 11.0 Å². The van der Waals surface area contributed by atoms with Gasteiger partial charge in [-0.05, 0) is 56.2 Å². The Kier molecular flexibility index (Phi) is 5.77. The number of nitrogens with one attached hydrogen (secondary N) is 1. The van der Waals surface area contributed by atoms with E-state index in [1.807, 2.05) is 6.92 Å². The van der Waals surface area contributed by atoms with E-state index in [9.17, 15) is 14.4 Å². The average Bonchev–Trinajstić information content (AvgIpc) is 3.00. The monoisotopic (exact) mass is 426 g/mol. The zero-order chi connectivity index (χ0) is 21.3. The summed E-state index contributed by atoms with van der Waals surface area (Å²) in [6.07, 6.45) is 4.90. The lowest BCUT2D eigenvalue weighted by molar-refractivity contribution is 0.0548. The maximum Gasteiger partial charge on any atom is 0.261 e. The highest BCUT2D eigenvalue weighted by Gasteiger charge is 2.40. The van der Waals surface area contributed by atoms with Gasteiger partial charge in [0.2, 0.25) is 0 Å². The SMILES string of the molecule is CCOc1ccc(Cl)cc1C(=O)Nc1ccc2c(c1)C(=O)N(C1CCCCC1)C2=O. The molecule has 156 valence electrons. The number of carbonyl (C=O) groups excluding carboxylic acids is 3. The van der Waals surface area contributed by atoms with Crippen LogP contribution in [0.4, 0.5) is 5.69 Å². The van der Waals surface area contributed by atoms with Gasteiger partial charge in [-0.15, -0.1) is 0 Å². The van der Waals surface area contributed by atoms with Crippen LogP contribution in [0.5, 0.6) is 5.75 Å². The predicted molar refractivity (Wildman–Crippen MR) is 114 cm³/mol. The van der Waals surface area contributed by atoms with Crippen molar-refractivity contribution in [1.29, 1.82) is 0 Å². The van der Waals surface area contributed by atoms with Crippen molar-refractivity contribution in [1.82, 2.24) is 4.90 Å². The summed E-state index contributed by atoms with van der Waals surface area (Å²) in [5, 5.41) is 3.20. The number of imide groups is 1. The minimum atomic E-state index is -0.401. The van der Waals surface area contributed by atoms with Gasteiger partial charge in [0.25, 0.3) is 17.7 Å². The molecule has 1 aliphatic carbocycles. The lowest BCUT2D eigenvalue weighted by Gasteiger charge is -2.29. The number of hydrogen-bond donors (Lipinski definition) is 1. The second-order valence-corrected chi connectivity index (χ2v) is 8.00. The summed E-state index contributed by atoms with van der Waals surface area (Å²) < 4.78 is 5.51. The average molecular weight is 427 g/mol. The summed E-state index contributed by atoms with van der Waals surface area (Å²) in [7, 11) is 0. The summed E-state index contributed by atoms with van der Waals surface area (Å²) >= 11 is 6.04. The summed E-state index contributed by atoms with van der Waals surface area (Å²) in [5.41, 5.74) is 1.46. The summed E-state index contributed by atoms with van der Waals surface area (Å²) in [6, 6.07) is 9.61. The molecule has 1 aliphatic heterocycles. The zero-order valence-corrected chi connectivity index (χ0v) is 17.5. The van der Waals surface area contributed by atoms with E-state index in [4.69, 9.17) is 16.3 Å². The van der Waals surface area contributed by atoms with E-state index < -0.39 is 5.91 Å². The highest BCUT2D eigenvalue weighted by atomic mass is 35.5. The summed E-state index contributed by atoms with van der Waals surface area (Å²) in [5.74, 6) is -0.499. The lowest BCUT2D eigenvalue weighted by Crippen LogP contribution is -2.40. The van der Waals surface area contributed by atoms with Crippen LogP contribution in [0.3, 0.4) is 0 Å². The maximum atomic E-state index is 13.0. The number of fused-ring (bicyclic) bond motifs is 1. The number of amides is 3. The molecular formula is C23H23ClN2O4. The molecule has 0 spiro atoms. The molecule has 1 N–H and O–H groups in total. The lowest BCUT2D eigenvalue weighted by atomic mass is 9.94. The Morgan fingerprint density at radius 2 is 1.80 bits per heavy atom. The molecule has 2 aromatic carbocycles. The van der Waals surface area contributed by atoms with Crippen molar-refractivity contribution in [2.24, 2.45) is 0 Å². The predicted octanol–water partition coefficient (Wildman–Crippen LogP) is 4.92. The topological polar surface area (TPSA) is 75.7 Å². The fraction of sp³-hybridized carbons (Fsp3) is 0.348. The van der Waals surface area contributed by atoms with E-state index in [0.29, 0.717) is 39.8 Å². The molecular weight excluding hydrogens is 404 g/mol. The molecule has 0 atom stereocenters. The number of benzene rings is 2. The molecule has 0 saturated heterocycles. The van der Waals surface area contributed by atoms with Crippen LogP contribution in [-0.2, 0) is 0 Å². The van der Waals surface area contributed by atoms with Gasteiger partial charge in [-0.25, -0.2) is 0 Å². The van der Waals surface area contributed by atoms with E-state index >= 15 is 0 Å². The third-order valence-corrected chi connectivity index (χ3v) is 5.84. The third kappa shape index (κ3) is 3.79. The smallest absolute Gasteiger partial charge is 0.261 e. The number of rotatable bonds is 5. The first kappa shape index (κ1) is 20.4. The summed E-state index contributed by atoms with van der Waals surface area (Å²) in [6.45, 7) is 2.24. The van der Waals surface area contributed by atoms with Crippen LogP contribution in [0.25, 0.3) is 0 Å². The van der Waals surface area contributed by atoms with E-state index in [1.54, 1.807) is 30.3 Å². The molecule has 30 heavy (non-hydrogen) atoms. The van der Waals surface area contributed by atoms with Crippen molar-refractivity contribution in [3.63, 3.8) is 0 Å². The second-order valence-electron chi connectivity index (χ2n) is 7.56. The Balaban J connectivity index is 1.57. The van der Waals surface area contributed by atoms with Crippen LogP contribution in [0.15, 0.2) is 36.4 Å². The number of nitrogens with zero attached hydrogens (tertiary/aromatic N) is 1. The van der Waals surface area contributed by atoms with Gasteiger partial charge >= 0.3 is 0 Å². The van der Waals surface area contributed by atoms with Gasteiger partial charge in [-0.2, -0.15) is 0 Å². The molecule has 1 fully saturated rings. The van der Waals surface area contributed by atoms with Crippen molar-refractivity contribution >= 4 is 35.0 Å². The van der Waals surface area contributed by atoms with Gasteiger partial charge in [-0.3, -0.25) is 19.3 Å². The quantitative estimate of drug-likeness (QED) is 0.688. The number of hydrogen-bond acceptors (Lipinski definition) is 4. The molecule has 2 aromatic rings. The molecule has 1 saturated carbocycles. The normalized spacial score (nSPS) is 16.5. The molecule has 1 heterocycles. The van der Waals surface area contributed by atoms with Crippen LogP contribution in [0.2, 0.25) is 5.02 Å². The van der Waals surface area contributed by atoms with E-state index in [0.717, 1.165) is 32.1 Å². The minimum absolute atomic E-state index is 0.0376. The van der Waals surface area contributed by atoms with Crippen molar-refractivity contribution in [3.05, 3.63) is 58.1 Å². The number of ether oxygens (including phenoxy) is 1. The molecule has 0 bridgehead atoms. The highest BCUT2D eigenvalue weighted by molar-refractivity contribution is 6.31. The van der Waals surface area contributed by atoms with Crippen LogP contribution in [0.1, 0.15) is 70.1 Å². The van der Waals surface area contributed by atoms with Gasteiger partial charge in [-0.1, -0.05) is 30.9 Å². The molecule has 0 aromatic heterocycles. The van der Waals surface area contributed by atoms with Gasteiger partial charge in [0, 0.05) is 16.8 Å². The molecule has 4 rings (SSSR count). The molecule has 2 aliphatic rings. The molecule has 7 heteroatoms. The molecule has 6 nitrogen and oxygen atoms in total. The molecule has 3 amide bonds. The standard InChI is InChI=1S/C23H23ClN2O4/c1-2-30-20-11-8-14(24)12-19(20)21(27)25-15-9-10-17-18(13-15)23(29)26(22(17)28)16-6-4-3-5-7-16/h8-13,16H,2-7H2,1H3,(H,25,27). The maximum absolute atomic E-state index is 13.0. The van der Waals surface area contributed by atoms with Crippen molar-refractivity contribution < 1.29 is 19.1 Å². The fourth-order valence-electron chi connectivity index (χ4n) is 4.17. The van der Waals surface area contributed by atoms with E-state index in [2.05, 4.69) is 5.32 Å². The highest BCUT2D eigenvalue weighted by Crippen LogP contribution is 2.32. The Bertz CT molecular complexity index is 1010. The number of carbonyl (C=O) groups is 3. The Morgan fingerprint density at radius 1 is 1.07 bits per heavy atom. The van der Waals surface area contributed by atoms with Crippen LogP contribution < -0.4 is 10.1 Å². The molecule has 0 unspecified atom stereocenters. The zero-order valence-electron chi connectivity index (χ0n) is 16.7. The first-order chi connectivity index (χ1) is 14.5. The minimum Gasteiger partial charge on any atom is -0.493 e. The van der Waals surface area contributed by atoms with E-state index in [-0.39, 0.29) is 17.9 Å². The van der Waals surface area contributed by atoms with Crippen molar-refractivity contribution in [2.45, 2.75) is 45.1 Å². The largest absolute Gasteiger partial charge is 0.493 e. The third-order valence-electron chi connectivity index (χ3n) is 5.60. The fourth-order valence-corrected chi connectivity index (χ4v) is 4.34.